The van der Waals surface area contributed by atoms with Gasteiger partial charge in [-0.2, -0.15) is 0 Å². The van der Waals surface area contributed by atoms with Gasteiger partial charge in [0.1, 0.15) is 0 Å². The first-order valence-corrected chi connectivity index (χ1v) is 7.86. The van der Waals surface area contributed by atoms with Gasteiger partial charge in [-0.05, 0) is 61.9 Å². The third-order valence-electron chi connectivity index (χ3n) is 5.10. The van der Waals surface area contributed by atoms with Crippen LogP contribution in [0.4, 0.5) is 0 Å². The molecule has 0 saturated carbocycles. The SMILES string of the molecule is CC(C)CC1CNCCC12CCOC(C(C)C)C2. The van der Waals surface area contributed by atoms with Crippen molar-refractivity contribution < 1.29 is 4.74 Å². The first-order chi connectivity index (χ1) is 8.53. The monoisotopic (exact) mass is 253 g/mol. The Kier molecular flexibility index (Phi) is 4.71. The maximum Gasteiger partial charge on any atom is 0.0603 e. The molecule has 2 aliphatic heterocycles. The summed E-state index contributed by atoms with van der Waals surface area (Å²) < 4.78 is 6.00. The fourth-order valence-electron chi connectivity index (χ4n) is 3.94. The van der Waals surface area contributed by atoms with Crippen molar-refractivity contribution in [1.82, 2.24) is 5.32 Å². The van der Waals surface area contributed by atoms with Crippen LogP contribution in [0, 0.1) is 23.2 Å². The van der Waals surface area contributed by atoms with Crippen LogP contribution in [0.25, 0.3) is 0 Å². The van der Waals surface area contributed by atoms with Crippen molar-refractivity contribution in [3.8, 4) is 0 Å². The Hall–Kier alpha value is -0.0800. The molecule has 2 nitrogen and oxygen atoms in total. The molecule has 2 rings (SSSR count). The molecule has 0 aromatic rings. The van der Waals surface area contributed by atoms with Gasteiger partial charge in [0.05, 0.1) is 6.10 Å². The van der Waals surface area contributed by atoms with E-state index in [0.29, 0.717) is 17.4 Å². The van der Waals surface area contributed by atoms with Crippen molar-refractivity contribution in [2.75, 3.05) is 19.7 Å². The summed E-state index contributed by atoms with van der Waals surface area (Å²) in [5.41, 5.74) is 0.572. The maximum absolute atomic E-state index is 6.00. The Labute approximate surface area is 113 Å². The summed E-state index contributed by atoms with van der Waals surface area (Å²) in [6.45, 7) is 12.8. The van der Waals surface area contributed by atoms with Crippen LogP contribution >= 0.6 is 0 Å². The minimum Gasteiger partial charge on any atom is -0.378 e. The molecular weight excluding hydrogens is 222 g/mol. The molecule has 0 aliphatic carbocycles. The minimum atomic E-state index is 0.492. The molecule has 2 saturated heterocycles. The highest BCUT2D eigenvalue weighted by Crippen LogP contribution is 2.48. The van der Waals surface area contributed by atoms with E-state index < -0.39 is 0 Å². The van der Waals surface area contributed by atoms with E-state index in [9.17, 15) is 0 Å². The maximum atomic E-state index is 6.00. The van der Waals surface area contributed by atoms with Crippen LogP contribution in [0.3, 0.4) is 0 Å². The van der Waals surface area contributed by atoms with Crippen molar-refractivity contribution in [1.29, 1.82) is 0 Å². The van der Waals surface area contributed by atoms with Crippen LogP contribution in [0.5, 0.6) is 0 Å². The number of piperidine rings is 1. The molecule has 1 N–H and O–H groups in total. The van der Waals surface area contributed by atoms with E-state index in [-0.39, 0.29) is 0 Å². The minimum absolute atomic E-state index is 0.492. The van der Waals surface area contributed by atoms with Gasteiger partial charge in [0.2, 0.25) is 0 Å². The highest BCUT2D eigenvalue weighted by Gasteiger charge is 2.44. The molecule has 3 unspecified atom stereocenters. The standard InChI is InChI=1S/C16H31NO/c1-12(2)9-14-11-17-7-5-16(14)6-8-18-15(10-16)13(3)4/h12-15,17H,5-11H2,1-4H3. The number of nitrogens with one attached hydrogen (secondary N) is 1. The Morgan fingerprint density at radius 1 is 1.22 bits per heavy atom. The van der Waals surface area contributed by atoms with Crippen molar-refractivity contribution in [2.24, 2.45) is 23.2 Å². The molecule has 2 fully saturated rings. The van der Waals surface area contributed by atoms with E-state index in [1.165, 1.54) is 38.8 Å². The summed E-state index contributed by atoms with van der Waals surface area (Å²) >= 11 is 0. The largest absolute Gasteiger partial charge is 0.378 e. The Morgan fingerprint density at radius 2 is 2.00 bits per heavy atom. The van der Waals surface area contributed by atoms with E-state index in [0.717, 1.165) is 18.4 Å². The normalized spacial score (nSPS) is 37.7. The lowest BCUT2D eigenvalue weighted by atomic mass is 9.62. The summed E-state index contributed by atoms with van der Waals surface area (Å²) in [4.78, 5) is 0. The van der Waals surface area contributed by atoms with E-state index in [2.05, 4.69) is 33.0 Å². The zero-order chi connectivity index (χ0) is 13.2. The predicted molar refractivity (Wildman–Crippen MR) is 76.7 cm³/mol. The summed E-state index contributed by atoms with van der Waals surface area (Å²) in [7, 11) is 0. The van der Waals surface area contributed by atoms with Crippen molar-refractivity contribution in [3.05, 3.63) is 0 Å². The quantitative estimate of drug-likeness (QED) is 0.831. The third-order valence-corrected chi connectivity index (χ3v) is 5.10. The first kappa shape index (κ1) is 14.3. The summed E-state index contributed by atoms with van der Waals surface area (Å²) in [5.74, 6) is 2.33. The zero-order valence-electron chi connectivity index (χ0n) is 12.7. The molecule has 3 atom stereocenters. The van der Waals surface area contributed by atoms with Gasteiger partial charge in [0.25, 0.3) is 0 Å². The van der Waals surface area contributed by atoms with Crippen LogP contribution < -0.4 is 5.32 Å². The average Bonchev–Trinajstić information content (AvgIpc) is 2.32. The molecule has 2 heteroatoms. The van der Waals surface area contributed by atoms with E-state index in [1.807, 2.05) is 0 Å². The molecular formula is C16H31NO. The Bertz CT molecular complexity index is 260. The van der Waals surface area contributed by atoms with Gasteiger partial charge < -0.3 is 10.1 Å². The third kappa shape index (κ3) is 3.08. The molecule has 0 radical (unpaired) electrons. The smallest absolute Gasteiger partial charge is 0.0603 e. The average molecular weight is 253 g/mol. The van der Waals surface area contributed by atoms with Gasteiger partial charge >= 0.3 is 0 Å². The molecule has 0 aromatic carbocycles. The Balaban J connectivity index is 2.09. The number of hydrogen-bond donors (Lipinski definition) is 1. The van der Waals surface area contributed by atoms with Crippen molar-refractivity contribution in [3.63, 3.8) is 0 Å². The predicted octanol–water partition coefficient (Wildman–Crippen LogP) is 3.46. The summed E-state index contributed by atoms with van der Waals surface area (Å²) in [5, 5.41) is 3.62. The number of rotatable bonds is 3. The lowest BCUT2D eigenvalue weighted by Crippen LogP contribution is -2.51. The lowest BCUT2D eigenvalue weighted by molar-refractivity contribution is -0.102. The molecule has 2 aliphatic rings. The van der Waals surface area contributed by atoms with Crippen LogP contribution in [-0.2, 0) is 4.74 Å². The number of ether oxygens (including phenoxy) is 1. The second-order valence-corrected chi connectivity index (χ2v) is 7.25. The highest BCUT2D eigenvalue weighted by molar-refractivity contribution is 4.96. The van der Waals surface area contributed by atoms with Crippen LogP contribution in [0.15, 0.2) is 0 Å². The van der Waals surface area contributed by atoms with Crippen molar-refractivity contribution >= 4 is 0 Å². The van der Waals surface area contributed by atoms with E-state index in [1.54, 1.807) is 0 Å². The van der Waals surface area contributed by atoms with Crippen LogP contribution in [0.1, 0.15) is 53.4 Å². The Morgan fingerprint density at radius 3 is 2.67 bits per heavy atom. The summed E-state index contributed by atoms with van der Waals surface area (Å²) in [6.07, 6.45) is 5.81. The fourth-order valence-corrected chi connectivity index (χ4v) is 3.94. The van der Waals surface area contributed by atoms with Crippen molar-refractivity contribution in [2.45, 2.75) is 59.5 Å². The van der Waals surface area contributed by atoms with E-state index in [4.69, 9.17) is 4.74 Å². The van der Waals surface area contributed by atoms with Crippen LogP contribution in [0.2, 0.25) is 0 Å². The molecule has 1 spiro atoms. The molecule has 0 amide bonds. The van der Waals surface area contributed by atoms with Gasteiger partial charge in [-0.25, -0.2) is 0 Å². The molecule has 106 valence electrons. The highest BCUT2D eigenvalue weighted by atomic mass is 16.5. The van der Waals surface area contributed by atoms with Gasteiger partial charge in [-0.3, -0.25) is 0 Å². The number of hydrogen-bond acceptors (Lipinski definition) is 2. The van der Waals surface area contributed by atoms with Gasteiger partial charge in [0.15, 0.2) is 0 Å². The van der Waals surface area contributed by atoms with Gasteiger partial charge in [0, 0.05) is 6.61 Å². The van der Waals surface area contributed by atoms with E-state index >= 15 is 0 Å². The fraction of sp³-hybridized carbons (Fsp3) is 1.00. The molecule has 0 aromatic heterocycles. The molecule has 2 heterocycles. The molecule has 0 bridgehead atoms. The summed E-state index contributed by atoms with van der Waals surface area (Å²) in [6, 6.07) is 0. The second-order valence-electron chi connectivity index (χ2n) is 7.25. The van der Waals surface area contributed by atoms with Gasteiger partial charge in [-0.15, -0.1) is 0 Å². The topological polar surface area (TPSA) is 21.3 Å². The molecule has 18 heavy (non-hydrogen) atoms. The van der Waals surface area contributed by atoms with Crippen LogP contribution in [-0.4, -0.2) is 25.8 Å². The van der Waals surface area contributed by atoms with Gasteiger partial charge in [-0.1, -0.05) is 27.7 Å². The second kappa shape index (κ2) is 5.92. The lowest BCUT2D eigenvalue weighted by Gasteiger charge is -2.50. The zero-order valence-corrected chi connectivity index (χ0v) is 12.7. The first-order valence-electron chi connectivity index (χ1n) is 7.86.